The van der Waals surface area contributed by atoms with Gasteiger partial charge in [-0.1, -0.05) is 46.4 Å². The monoisotopic (exact) mass is 231 g/mol. The molecule has 0 unspecified atom stereocenters. The third kappa shape index (κ3) is 8.85. The second-order valence-electron chi connectivity index (χ2n) is 4.39. The van der Waals surface area contributed by atoms with E-state index in [2.05, 4.69) is 27.7 Å². The molecule has 0 aliphatic carbocycles. The van der Waals surface area contributed by atoms with Crippen LogP contribution in [0.2, 0.25) is 0 Å². The lowest BCUT2D eigenvalue weighted by molar-refractivity contribution is 0.208. The minimum absolute atomic E-state index is 0. The van der Waals surface area contributed by atoms with Crippen molar-refractivity contribution in [1.82, 2.24) is 4.90 Å². The van der Waals surface area contributed by atoms with Crippen LogP contribution in [0.4, 0.5) is 4.79 Å². The smallest absolute Gasteiger partial charge is 0.281 e. The van der Waals surface area contributed by atoms with Gasteiger partial charge in [-0.25, -0.2) is 0 Å². The molecule has 90 valence electrons. The maximum Gasteiger partial charge on any atom is 0.281 e. The standard InChI is InChI=1S/C11H23NOS.BH3/c1-6-14-11(13)12(7-9(2)3)8-10(4)5;/h9-10H,6-8H2,1-5H3;1H3. The topological polar surface area (TPSA) is 20.3 Å². The number of carbonyl (C=O) groups excluding carboxylic acids is 1. The molecule has 0 aromatic rings. The maximum atomic E-state index is 11.7. The van der Waals surface area contributed by atoms with E-state index in [4.69, 9.17) is 0 Å². The van der Waals surface area contributed by atoms with E-state index < -0.39 is 0 Å². The Bertz CT molecular complexity index is 164. The lowest BCUT2D eigenvalue weighted by Gasteiger charge is -2.25. The van der Waals surface area contributed by atoms with Crippen molar-refractivity contribution >= 4 is 25.4 Å². The number of hydrogen-bond acceptors (Lipinski definition) is 2. The van der Waals surface area contributed by atoms with Crippen molar-refractivity contribution in [1.29, 1.82) is 0 Å². The zero-order chi connectivity index (χ0) is 11.1. The van der Waals surface area contributed by atoms with Crippen LogP contribution >= 0.6 is 11.8 Å². The predicted octanol–water partition coefficient (Wildman–Crippen LogP) is 2.29. The first-order valence-corrected chi connectivity index (χ1v) is 6.37. The zero-order valence-electron chi connectivity index (χ0n) is 10.0. The van der Waals surface area contributed by atoms with Gasteiger partial charge in [-0.3, -0.25) is 4.79 Å². The van der Waals surface area contributed by atoms with Gasteiger partial charge in [0, 0.05) is 13.1 Å². The molecule has 0 aromatic heterocycles. The third-order valence-electron chi connectivity index (χ3n) is 1.70. The van der Waals surface area contributed by atoms with Crippen LogP contribution in [0.15, 0.2) is 0 Å². The summed E-state index contributed by atoms with van der Waals surface area (Å²) in [5, 5.41) is 0.231. The van der Waals surface area contributed by atoms with E-state index in [9.17, 15) is 4.79 Å². The molecule has 0 aliphatic rings. The summed E-state index contributed by atoms with van der Waals surface area (Å²) in [7, 11) is 0. The Labute approximate surface area is 101 Å². The van der Waals surface area contributed by atoms with Gasteiger partial charge in [0.2, 0.25) is 0 Å². The Hall–Kier alpha value is -0.115. The second kappa shape index (κ2) is 9.14. The maximum absolute atomic E-state index is 11.7. The summed E-state index contributed by atoms with van der Waals surface area (Å²) in [6, 6.07) is 0. The largest absolute Gasteiger partial charge is 0.333 e. The van der Waals surface area contributed by atoms with Crippen molar-refractivity contribution < 1.29 is 4.79 Å². The molecule has 0 bridgehead atoms. The molecule has 0 saturated carbocycles. The van der Waals surface area contributed by atoms with Crippen LogP contribution in [0, 0.1) is 11.8 Å². The van der Waals surface area contributed by atoms with Crippen molar-refractivity contribution in [2.45, 2.75) is 34.6 Å². The van der Waals surface area contributed by atoms with Crippen LogP contribution in [0.25, 0.3) is 0 Å². The highest BCUT2D eigenvalue weighted by molar-refractivity contribution is 8.13. The molecule has 0 spiro atoms. The lowest BCUT2D eigenvalue weighted by Crippen LogP contribution is -2.34. The molecule has 0 aromatic carbocycles. The van der Waals surface area contributed by atoms with Gasteiger partial charge in [-0.05, 0) is 17.6 Å². The van der Waals surface area contributed by atoms with Gasteiger partial charge in [-0.15, -0.1) is 0 Å². The summed E-state index contributed by atoms with van der Waals surface area (Å²) in [6.07, 6.45) is 0. The summed E-state index contributed by atoms with van der Waals surface area (Å²) in [5.41, 5.74) is 0. The molecule has 0 rings (SSSR count). The summed E-state index contributed by atoms with van der Waals surface area (Å²) >= 11 is 1.41. The second-order valence-corrected chi connectivity index (χ2v) is 5.61. The summed E-state index contributed by atoms with van der Waals surface area (Å²) < 4.78 is 0. The van der Waals surface area contributed by atoms with E-state index in [0.29, 0.717) is 11.8 Å². The molecule has 4 heteroatoms. The quantitative estimate of drug-likeness (QED) is 0.676. The molecule has 0 atom stereocenters. The molecule has 2 nitrogen and oxygen atoms in total. The van der Waals surface area contributed by atoms with E-state index >= 15 is 0 Å². The van der Waals surface area contributed by atoms with Crippen LogP contribution in [0.3, 0.4) is 0 Å². The van der Waals surface area contributed by atoms with E-state index in [1.165, 1.54) is 11.8 Å². The van der Waals surface area contributed by atoms with E-state index in [1.54, 1.807) is 0 Å². The SMILES string of the molecule is B.CCSC(=O)N(CC(C)C)CC(C)C. The van der Waals surface area contributed by atoms with Crippen LogP contribution in [0.1, 0.15) is 34.6 Å². The van der Waals surface area contributed by atoms with Crippen molar-refractivity contribution in [3.8, 4) is 0 Å². The molecule has 1 amide bonds. The summed E-state index contributed by atoms with van der Waals surface area (Å²) in [4.78, 5) is 13.7. The van der Waals surface area contributed by atoms with E-state index in [-0.39, 0.29) is 13.7 Å². The van der Waals surface area contributed by atoms with Crippen molar-refractivity contribution in [2.75, 3.05) is 18.8 Å². The highest BCUT2D eigenvalue weighted by Gasteiger charge is 2.15. The van der Waals surface area contributed by atoms with Gasteiger partial charge in [0.1, 0.15) is 0 Å². The molecule has 0 saturated heterocycles. The van der Waals surface area contributed by atoms with Crippen molar-refractivity contribution in [2.24, 2.45) is 11.8 Å². The first-order chi connectivity index (χ1) is 6.47. The molecular weight excluding hydrogens is 205 g/mol. The van der Waals surface area contributed by atoms with Crippen LogP contribution in [-0.4, -0.2) is 37.4 Å². The molecule has 15 heavy (non-hydrogen) atoms. The van der Waals surface area contributed by atoms with Crippen LogP contribution in [0.5, 0.6) is 0 Å². The Kier molecular flexibility index (Phi) is 10.5. The first-order valence-electron chi connectivity index (χ1n) is 5.39. The number of nitrogens with zero attached hydrogens (tertiary/aromatic N) is 1. The van der Waals surface area contributed by atoms with Gasteiger partial charge >= 0.3 is 0 Å². The van der Waals surface area contributed by atoms with E-state index in [0.717, 1.165) is 18.8 Å². The van der Waals surface area contributed by atoms with Crippen LogP contribution in [-0.2, 0) is 0 Å². The minimum Gasteiger partial charge on any atom is -0.333 e. The fraction of sp³-hybridized carbons (Fsp3) is 0.909. The fourth-order valence-electron chi connectivity index (χ4n) is 1.32. The number of amides is 1. The van der Waals surface area contributed by atoms with Crippen molar-refractivity contribution in [3.63, 3.8) is 0 Å². The van der Waals surface area contributed by atoms with Crippen LogP contribution < -0.4 is 0 Å². The molecule has 0 heterocycles. The Morgan fingerprint density at radius 2 is 1.53 bits per heavy atom. The molecule has 0 aliphatic heterocycles. The van der Waals surface area contributed by atoms with Gasteiger partial charge in [0.05, 0.1) is 8.41 Å². The highest BCUT2D eigenvalue weighted by Crippen LogP contribution is 2.12. The van der Waals surface area contributed by atoms with Gasteiger partial charge in [-0.2, -0.15) is 0 Å². The number of rotatable bonds is 5. The normalized spacial score (nSPS) is 10.3. The van der Waals surface area contributed by atoms with Gasteiger partial charge < -0.3 is 4.90 Å². The average molecular weight is 231 g/mol. The molecule has 0 N–H and O–H groups in total. The Morgan fingerprint density at radius 1 is 1.13 bits per heavy atom. The number of carbonyl (C=O) groups is 1. The average Bonchev–Trinajstić information content (AvgIpc) is 2.01. The Morgan fingerprint density at radius 3 is 1.80 bits per heavy atom. The highest BCUT2D eigenvalue weighted by atomic mass is 32.2. The molecular formula is C11H26BNOS. The molecule has 0 fully saturated rings. The first kappa shape index (κ1) is 17.3. The fourth-order valence-corrected chi connectivity index (χ4v) is 1.90. The molecule has 0 radical (unpaired) electrons. The van der Waals surface area contributed by atoms with Gasteiger partial charge in [0.15, 0.2) is 0 Å². The van der Waals surface area contributed by atoms with E-state index in [1.807, 2.05) is 11.8 Å². The Balaban J connectivity index is 0. The zero-order valence-corrected chi connectivity index (χ0v) is 10.9. The lowest BCUT2D eigenvalue weighted by atomic mass is 10.1. The number of thioether (sulfide) groups is 1. The summed E-state index contributed by atoms with van der Waals surface area (Å²) in [5.74, 6) is 1.97. The van der Waals surface area contributed by atoms with Crippen molar-refractivity contribution in [3.05, 3.63) is 0 Å². The summed E-state index contributed by atoms with van der Waals surface area (Å²) in [6.45, 7) is 12.4. The minimum atomic E-state index is 0. The van der Waals surface area contributed by atoms with Gasteiger partial charge in [0.25, 0.3) is 5.24 Å². The third-order valence-corrected chi connectivity index (χ3v) is 2.49. The predicted molar refractivity (Wildman–Crippen MR) is 74.7 cm³/mol. The number of hydrogen-bond donors (Lipinski definition) is 0.